The topological polar surface area (TPSA) is 120 Å². The van der Waals surface area contributed by atoms with Gasteiger partial charge in [-0.1, -0.05) is 49.7 Å². The lowest BCUT2D eigenvalue weighted by Gasteiger charge is -2.50. The predicted molar refractivity (Wildman–Crippen MR) is 128 cm³/mol. The summed E-state index contributed by atoms with van der Waals surface area (Å²) in [6, 6.07) is 10.7. The van der Waals surface area contributed by atoms with Crippen LogP contribution in [0.1, 0.15) is 36.6 Å². The molecule has 3 heterocycles. The van der Waals surface area contributed by atoms with Gasteiger partial charge < -0.3 is 20.1 Å². The van der Waals surface area contributed by atoms with Crippen LogP contribution in [-0.4, -0.2) is 52.1 Å². The van der Waals surface area contributed by atoms with Crippen molar-refractivity contribution in [2.24, 2.45) is 0 Å². The van der Waals surface area contributed by atoms with Crippen LogP contribution in [0.15, 0.2) is 47.4 Å². The first-order valence-corrected chi connectivity index (χ1v) is 11.3. The predicted octanol–water partition coefficient (Wildman–Crippen LogP) is 2.84. The van der Waals surface area contributed by atoms with Crippen molar-refractivity contribution in [2.45, 2.75) is 31.6 Å². The van der Waals surface area contributed by atoms with Crippen LogP contribution in [0.25, 0.3) is 0 Å². The van der Waals surface area contributed by atoms with Crippen LogP contribution in [0.3, 0.4) is 0 Å². The largest absolute Gasteiger partial charge is 0.494 e. The van der Waals surface area contributed by atoms with Gasteiger partial charge in [-0.2, -0.15) is 0 Å². The van der Waals surface area contributed by atoms with Gasteiger partial charge in [0, 0.05) is 30.9 Å². The second-order valence-corrected chi connectivity index (χ2v) is 9.08. The summed E-state index contributed by atoms with van der Waals surface area (Å²) in [4.78, 5) is 43.7. The van der Waals surface area contributed by atoms with Gasteiger partial charge in [0.05, 0.1) is 19.7 Å². The van der Waals surface area contributed by atoms with E-state index in [1.54, 1.807) is 4.90 Å². The molecular weight excluding hydrogens is 458 g/mol. The maximum Gasteiger partial charge on any atom is 0.264 e. The molecule has 1 aromatic carbocycles. The fourth-order valence-electron chi connectivity index (χ4n) is 4.31. The lowest BCUT2D eigenvalue weighted by molar-refractivity contribution is -0.143. The average Bonchev–Trinajstić information content (AvgIpc) is 3.18. The quantitative estimate of drug-likeness (QED) is 0.446. The second-order valence-electron chi connectivity index (χ2n) is 8.70. The Kier molecular flexibility index (Phi) is 6.47. The van der Waals surface area contributed by atoms with Gasteiger partial charge in [-0.15, -0.1) is 0 Å². The number of hydrogen-bond donors (Lipinski definition) is 3. The molecule has 10 heteroatoms. The summed E-state index contributed by atoms with van der Waals surface area (Å²) in [5.41, 5.74) is 1.57. The van der Waals surface area contributed by atoms with Crippen molar-refractivity contribution in [1.29, 1.82) is 0 Å². The number of aromatic amines is 2. The van der Waals surface area contributed by atoms with Crippen molar-refractivity contribution in [3.8, 4) is 5.75 Å². The van der Waals surface area contributed by atoms with E-state index < -0.39 is 5.41 Å². The van der Waals surface area contributed by atoms with Crippen molar-refractivity contribution < 1.29 is 14.3 Å². The van der Waals surface area contributed by atoms with Crippen LogP contribution in [0.4, 0.5) is 5.69 Å². The molecule has 1 aliphatic rings. The number of amides is 2. The number of pyridine rings is 1. The van der Waals surface area contributed by atoms with E-state index in [0.717, 1.165) is 11.1 Å². The normalized spacial score (nSPS) is 14.6. The fourth-order valence-corrected chi connectivity index (χ4v) is 4.46. The highest BCUT2D eigenvalue weighted by molar-refractivity contribution is 6.29. The first-order chi connectivity index (χ1) is 16.2. The zero-order valence-corrected chi connectivity index (χ0v) is 19.9. The van der Waals surface area contributed by atoms with Gasteiger partial charge in [0.25, 0.3) is 5.56 Å². The number of likely N-dealkylation sites (tertiary alicyclic amines) is 1. The molecular formula is C24H26ClN5O4. The van der Waals surface area contributed by atoms with Crippen molar-refractivity contribution >= 4 is 29.1 Å². The van der Waals surface area contributed by atoms with Crippen LogP contribution in [0.5, 0.6) is 5.75 Å². The first-order valence-electron chi connectivity index (χ1n) is 10.9. The molecule has 0 aliphatic carbocycles. The van der Waals surface area contributed by atoms with E-state index in [0.29, 0.717) is 17.1 Å². The number of aromatic nitrogens is 3. The van der Waals surface area contributed by atoms with Crippen molar-refractivity contribution in [3.05, 3.63) is 74.9 Å². The Bertz CT molecular complexity index is 1280. The molecule has 3 aromatic rings. The lowest BCUT2D eigenvalue weighted by atomic mass is 9.69. The maximum atomic E-state index is 13.8. The number of hydrogen-bond acceptors (Lipinski definition) is 5. The summed E-state index contributed by atoms with van der Waals surface area (Å²) in [5.74, 6) is 0.139. The molecule has 9 nitrogen and oxygen atoms in total. The van der Waals surface area contributed by atoms with E-state index in [-0.39, 0.29) is 48.0 Å². The van der Waals surface area contributed by atoms with Crippen molar-refractivity contribution in [1.82, 2.24) is 20.1 Å². The number of carbonyl (C=O) groups is 2. The summed E-state index contributed by atoms with van der Waals surface area (Å²) in [5, 5.41) is 8.30. The number of rotatable bonds is 7. The van der Waals surface area contributed by atoms with Gasteiger partial charge in [0.15, 0.2) is 0 Å². The third-order valence-electron chi connectivity index (χ3n) is 6.10. The molecule has 34 heavy (non-hydrogen) atoms. The van der Waals surface area contributed by atoms with Crippen LogP contribution >= 0.6 is 11.6 Å². The van der Waals surface area contributed by atoms with Crippen LogP contribution in [0, 0.1) is 0 Å². The van der Waals surface area contributed by atoms with Gasteiger partial charge >= 0.3 is 0 Å². The first kappa shape index (κ1) is 23.6. The molecule has 0 unspecified atom stereocenters. The van der Waals surface area contributed by atoms with E-state index in [9.17, 15) is 14.4 Å². The fraction of sp³-hybridized carbons (Fsp3) is 0.333. The Balaban J connectivity index is 1.64. The number of nitrogens with zero attached hydrogens (tertiary/aromatic N) is 2. The maximum absolute atomic E-state index is 13.8. The van der Waals surface area contributed by atoms with Crippen LogP contribution in [0.2, 0.25) is 5.15 Å². The molecule has 0 spiro atoms. The number of anilines is 1. The van der Waals surface area contributed by atoms with E-state index in [2.05, 4.69) is 34.3 Å². The molecule has 1 saturated heterocycles. The smallest absolute Gasteiger partial charge is 0.264 e. The second kappa shape index (κ2) is 9.34. The third-order valence-corrected chi connectivity index (χ3v) is 6.31. The van der Waals surface area contributed by atoms with E-state index in [1.807, 2.05) is 24.3 Å². The highest BCUT2D eigenvalue weighted by atomic mass is 35.5. The monoisotopic (exact) mass is 483 g/mol. The number of H-pyrrole nitrogens is 2. The van der Waals surface area contributed by atoms with Gasteiger partial charge in [-0.25, -0.2) is 4.98 Å². The molecule has 3 N–H and O–H groups in total. The Hall–Kier alpha value is -3.59. The average molecular weight is 484 g/mol. The minimum atomic E-state index is -0.952. The highest BCUT2D eigenvalue weighted by Gasteiger charge is 2.53. The zero-order valence-electron chi connectivity index (χ0n) is 19.1. The number of ether oxygens (including phenoxy) is 1. The molecule has 0 bridgehead atoms. The summed E-state index contributed by atoms with van der Waals surface area (Å²) < 4.78 is 5.35. The van der Waals surface area contributed by atoms with Crippen molar-refractivity contribution in [2.75, 3.05) is 25.5 Å². The van der Waals surface area contributed by atoms with E-state index in [1.165, 1.54) is 25.4 Å². The van der Waals surface area contributed by atoms with Crippen LogP contribution < -0.4 is 15.6 Å². The van der Waals surface area contributed by atoms with Gasteiger partial charge in [-0.3, -0.25) is 19.5 Å². The zero-order chi connectivity index (χ0) is 24.5. The molecule has 1 fully saturated rings. The van der Waals surface area contributed by atoms with Crippen molar-refractivity contribution in [3.63, 3.8) is 0 Å². The number of nitrogens with one attached hydrogen (secondary N) is 3. The van der Waals surface area contributed by atoms with Gasteiger partial charge in [0.2, 0.25) is 11.8 Å². The molecule has 1 aliphatic heterocycles. The lowest BCUT2D eigenvalue weighted by Crippen LogP contribution is -2.66. The summed E-state index contributed by atoms with van der Waals surface area (Å²) in [6.45, 7) is 4.56. The highest BCUT2D eigenvalue weighted by Crippen LogP contribution is 2.40. The van der Waals surface area contributed by atoms with E-state index in [4.69, 9.17) is 16.3 Å². The number of carbonyl (C=O) groups excluding carboxylic acids is 2. The minimum absolute atomic E-state index is 0.0389. The standard InChI is InChI=1S/C24H26ClN5O4/c1-14(2)16-6-4-5-7-17(16)24(23(33)27-18-11-26-20(25)10-19(18)34-3)12-30(13-24)22(32)9-15-8-21(31)29-28-15/h4-8,10-11,14H,9,12-13H2,1-3H3,(H,27,33)(H2,28,29,31). The minimum Gasteiger partial charge on any atom is -0.494 e. The van der Waals surface area contributed by atoms with Crippen LogP contribution in [-0.2, 0) is 21.4 Å². The molecule has 0 atom stereocenters. The van der Waals surface area contributed by atoms with E-state index >= 15 is 0 Å². The number of methoxy groups -OCH3 is 1. The Morgan fingerprint density at radius 3 is 2.62 bits per heavy atom. The van der Waals surface area contributed by atoms with Gasteiger partial charge in [0.1, 0.15) is 22.0 Å². The summed E-state index contributed by atoms with van der Waals surface area (Å²) in [6.07, 6.45) is 1.49. The summed E-state index contributed by atoms with van der Waals surface area (Å²) >= 11 is 5.96. The Morgan fingerprint density at radius 1 is 1.24 bits per heavy atom. The third kappa shape index (κ3) is 4.43. The van der Waals surface area contributed by atoms with Gasteiger partial charge in [-0.05, 0) is 17.0 Å². The Morgan fingerprint density at radius 2 is 1.97 bits per heavy atom. The number of benzene rings is 1. The molecule has 178 valence electrons. The molecule has 0 saturated carbocycles. The molecule has 2 amide bonds. The molecule has 0 radical (unpaired) electrons. The molecule has 2 aromatic heterocycles. The SMILES string of the molecule is COc1cc(Cl)ncc1NC(=O)C1(c2ccccc2C(C)C)CN(C(=O)Cc2cc(=O)[nH][nH]2)C1. The summed E-state index contributed by atoms with van der Waals surface area (Å²) in [7, 11) is 1.49. The Labute approximate surface area is 201 Å². The number of halogens is 1. The molecule has 4 rings (SSSR count).